The number of methoxy groups -OCH3 is 1. The van der Waals surface area contributed by atoms with E-state index in [4.69, 9.17) is 19.5 Å². The van der Waals surface area contributed by atoms with Crippen molar-refractivity contribution in [2.24, 2.45) is 0 Å². The summed E-state index contributed by atoms with van der Waals surface area (Å²) in [4.78, 5) is 2.62. The molecule has 2 unspecified atom stereocenters. The van der Waals surface area contributed by atoms with Crippen LogP contribution in [0.4, 0.5) is 0 Å². The van der Waals surface area contributed by atoms with Crippen molar-refractivity contribution >= 4 is 9.84 Å². The van der Waals surface area contributed by atoms with Gasteiger partial charge < -0.3 is 19.5 Å². The molecule has 0 saturated carbocycles. The van der Waals surface area contributed by atoms with Crippen LogP contribution >= 0.6 is 0 Å². The largest absolute Gasteiger partial charge is 0.382 e. The Morgan fingerprint density at radius 2 is 2.10 bits per heavy atom. The van der Waals surface area contributed by atoms with Gasteiger partial charge in [-0.3, -0.25) is 4.90 Å². The monoisotopic (exact) mass is 437 g/mol. The molecule has 1 aromatic carbocycles. The van der Waals surface area contributed by atoms with Gasteiger partial charge in [0.25, 0.3) is 0 Å². The number of nitrogens with zero attached hydrogens (tertiary/aromatic N) is 2. The Bertz CT molecular complexity index is 824. The van der Waals surface area contributed by atoms with Crippen LogP contribution in [0.15, 0.2) is 29.2 Å². The highest BCUT2D eigenvalue weighted by Gasteiger charge is 2.43. The smallest absolute Gasteiger partial charge is 0.178 e. The summed E-state index contributed by atoms with van der Waals surface area (Å²) in [7, 11) is -1.73. The molecule has 2 atom stereocenters. The van der Waals surface area contributed by atoms with Crippen LogP contribution in [0.5, 0.6) is 0 Å². The van der Waals surface area contributed by atoms with Gasteiger partial charge in [0.2, 0.25) is 0 Å². The van der Waals surface area contributed by atoms with E-state index in [-0.39, 0.29) is 22.4 Å². The third-order valence-electron chi connectivity index (χ3n) is 5.58. The molecule has 3 rings (SSSR count). The summed E-state index contributed by atoms with van der Waals surface area (Å²) in [6.07, 6.45) is 1.31. The van der Waals surface area contributed by atoms with E-state index in [2.05, 4.69) is 10.2 Å². The van der Waals surface area contributed by atoms with E-state index in [0.29, 0.717) is 38.2 Å². The van der Waals surface area contributed by atoms with Crippen molar-refractivity contribution in [1.82, 2.24) is 10.2 Å². The molecule has 2 aliphatic heterocycles. The number of hydrogen-bond acceptors (Lipinski definition) is 8. The van der Waals surface area contributed by atoms with Gasteiger partial charge in [-0.05, 0) is 37.1 Å². The molecule has 8 nitrogen and oxygen atoms in total. The van der Waals surface area contributed by atoms with Crippen molar-refractivity contribution < 1.29 is 22.6 Å². The molecule has 0 aromatic heterocycles. The molecule has 2 aliphatic rings. The molecule has 0 spiro atoms. The molecule has 166 valence electrons. The van der Waals surface area contributed by atoms with Crippen LogP contribution in [0, 0.1) is 11.3 Å². The zero-order chi connectivity index (χ0) is 21.5. The fraction of sp³-hybridized carbons (Fsp3) is 0.667. The Balaban J connectivity index is 1.52. The van der Waals surface area contributed by atoms with Crippen molar-refractivity contribution in [1.29, 1.82) is 5.26 Å². The summed E-state index contributed by atoms with van der Waals surface area (Å²) < 4.78 is 42.3. The van der Waals surface area contributed by atoms with E-state index >= 15 is 0 Å². The lowest BCUT2D eigenvalue weighted by Gasteiger charge is -2.50. The molecule has 1 aromatic rings. The van der Waals surface area contributed by atoms with E-state index in [1.54, 1.807) is 7.11 Å². The third-order valence-corrected chi connectivity index (χ3v) is 7.40. The van der Waals surface area contributed by atoms with Gasteiger partial charge in [0.05, 0.1) is 53.8 Å². The number of hydrogen-bond donors (Lipinski definition) is 1. The van der Waals surface area contributed by atoms with Crippen LogP contribution in [-0.4, -0.2) is 90.4 Å². The lowest BCUT2D eigenvalue weighted by molar-refractivity contribution is -0.176. The predicted octanol–water partition coefficient (Wildman–Crippen LogP) is 0.818. The summed E-state index contributed by atoms with van der Waals surface area (Å²) in [6, 6.07) is 8.10. The van der Waals surface area contributed by atoms with Crippen LogP contribution in [0.1, 0.15) is 18.4 Å². The van der Waals surface area contributed by atoms with Crippen molar-refractivity contribution in [3.05, 3.63) is 29.8 Å². The van der Waals surface area contributed by atoms with E-state index in [9.17, 15) is 8.42 Å². The average molecular weight is 438 g/mol. The number of nitriles is 1. The normalized spacial score (nSPS) is 24.5. The zero-order valence-electron chi connectivity index (χ0n) is 17.5. The maximum absolute atomic E-state index is 12.7. The first kappa shape index (κ1) is 23.1. The summed E-state index contributed by atoms with van der Waals surface area (Å²) in [6.45, 7) is 5.81. The van der Waals surface area contributed by atoms with Gasteiger partial charge in [0.1, 0.15) is 0 Å². The Kier molecular flexibility index (Phi) is 8.22. The number of morpholine rings is 2. The standard InChI is InChI=1S/C21H31N3O5S/c1-27-10-11-28-9-8-24-15-19-14-23-16-21(17-24,29-19)7-2-12-30(25,26)20-5-3-18(13-22)4-6-20/h3-6,19,23H,2,7-12,14-17H2,1H3. The molecule has 0 aliphatic carbocycles. The molecule has 2 fully saturated rings. The Morgan fingerprint density at radius 1 is 1.30 bits per heavy atom. The van der Waals surface area contributed by atoms with Crippen molar-refractivity contribution in [2.45, 2.75) is 29.4 Å². The van der Waals surface area contributed by atoms with Crippen LogP contribution in [0.2, 0.25) is 0 Å². The number of sulfone groups is 1. The molecule has 0 radical (unpaired) electrons. The molecule has 9 heteroatoms. The first-order chi connectivity index (χ1) is 14.5. The highest BCUT2D eigenvalue weighted by Crippen LogP contribution is 2.29. The maximum Gasteiger partial charge on any atom is 0.178 e. The van der Waals surface area contributed by atoms with Gasteiger partial charge in [-0.2, -0.15) is 5.26 Å². The lowest BCUT2D eigenvalue weighted by atomic mass is 9.92. The fourth-order valence-electron chi connectivity index (χ4n) is 4.13. The first-order valence-corrected chi connectivity index (χ1v) is 12.0. The average Bonchev–Trinajstić information content (AvgIpc) is 2.73. The SMILES string of the molecule is COCCOCCN1CC2CNCC(CCCS(=O)(=O)c3ccc(C#N)cc3)(C1)O2. The van der Waals surface area contributed by atoms with E-state index in [0.717, 1.165) is 32.7 Å². The Morgan fingerprint density at radius 3 is 2.83 bits per heavy atom. The summed E-state index contributed by atoms with van der Waals surface area (Å²) in [5.41, 5.74) is 0.0857. The molecule has 2 saturated heterocycles. The second-order valence-electron chi connectivity index (χ2n) is 7.95. The summed E-state index contributed by atoms with van der Waals surface area (Å²) in [5, 5.41) is 12.3. The minimum absolute atomic E-state index is 0.0643. The third kappa shape index (κ3) is 6.23. The van der Waals surface area contributed by atoms with Crippen molar-refractivity contribution in [2.75, 3.05) is 65.4 Å². The summed E-state index contributed by atoms with van der Waals surface area (Å²) in [5.74, 6) is 0.0643. The maximum atomic E-state index is 12.7. The number of ether oxygens (including phenoxy) is 3. The van der Waals surface area contributed by atoms with Gasteiger partial charge in [-0.1, -0.05) is 0 Å². The van der Waals surface area contributed by atoms with Gasteiger partial charge >= 0.3 is 0 Å². The number of fused-ring (bicyclic) bond motifs is 2. The predicted molar refractivity (Wildman–Crippen MR) is 112 cm³/mol. The number of rotatable bonds is 11. The van der Waals surface area contributed by atoms with E-state index < -0.39 is 9.84 Å². The van der Waals surface area contributed by atoms with Gasteiger partial charge in [0.15, 0.2) is 9.84 Å². The number of nitrogens with one attached hydrogen (secondary N) is 1. The van der Waals surface area contributed by atoms with E-state index in [1.807, 2.05) is 6.07 Å². The highest BCUT2D eigenvalue weighted by atomic mass is 32.2. The van der Waals surface area contributed by atoms with Crippen molar-refractivity contribution in [3.8, 4) is 6.07 Å². The quantitative estimate of drug-likeness (QED) is 0.508. The molecular weight excluding hydrogens is 406 g/mol. The minimum Gasteiger partial charge on any atom is -0.382 e. The zero-order valence-corrected chi connectivity index (χ0v) is 18.3. The van der Waals surface area contributed by atoms with Crippen LogP contribution in [0.3, 0.4) is 0 Å². The minimum atomic E-state index is -3.38. The van der Waals surface area contributed by atoms with Gasteiger partial charge in [-0.25, -0.2) is 8.42 Å². The molecule has 2 heterocycles. The van der Waals surface area contributed by atoms with Crippen LogP contribution in [0.25, 0.3) is 0 Å². The second kappa shape index (κ2) is 10.7. The van der Waals surface area contributed by atoms with Crippen LogP contribution < -0.4 is 5.32 Å². The lowest BCUT2D eigenvalue weighted by Crippen LogP contribution is -2.66. The molecular formula is C21H31N3O5S. The Hall–Kier alpha value is -1.54. The molecule has 1 N–H and O–H groups in total. The molecule has 2 bridgehead atoms. The first-order valence-electron chi connectivity index (χ1n) is 10.4. The van der Waals surface area contributed by atoms with Gasteiger partial charge in [-0.15, -0.1) is 0 Å². The fourth-order valence-corrected chi connectivity index (χ4v) is 5.44. The molecule has 0 amide bonds. The Labute approximate surface area is 179 Å². The van der Waals surface area contributed by atoms with Crippen LogP contribution in [-0.2, 0) is 24.0 Å². The van der Waals surface area contributed by atoms with E-state index in [1.165, 1.54) is 24.3 Å². The topological polar surface area (TPSA) is 101 Å². The van der Waals surface area contributed by atoms with Crippen molar-refractivity contribution in [3.63, 3.8) is 0 Å². The number of benzene rings is 1. The van der Waals surface area contributed by atoms with Gasteiger partial charge in [0, 0.05) is 39.8 Å². The second-order valence-corrected chi connectivity index (χ2v) is 10.1. The summed E-state index contributed by atoms with van der Waals surface area (Å²) >= 11 is 0. The molecule has 30 heavy (non-hydrogen) atoms. The highest BCUT2D eigenvalue weighted by molar-refractivity contribution is 7.91.